The molecule has 4 nitrogen and oxygen atoms in total. The van der Waals surface area contributed by atoms with Crippen LogP contribution in [0.15, 0.2) is 0 Å². The zero-order valence-corrected chi connectivity index (χ0v) is 11.4. The second kappa shape index (κ2) is 6.86. The molecule has 0 aliphatic rings. The highest BCUT2D eigenvalue weighted by Gasteiger charge is 2.22. The van der Waals surface area contributed by atoms with Crippen molar-refractivity contribution in [2.24, 2.45) is 17.6 Å². The van der Waals surface area contributed by atoms with Crippen molar-refractivity contribution >= 4 is 5.91 Å². The van der Waals surface area contributed by atoms with Crippen LogP contribution < -0.4 is 11.1 Å². The van der Waals surface area contributed by atoms with Gasteiger partial charge < -0.3 is 16.0 Å². The normalized spacial score (nSPS) is 15.6. The molecule has 3 N–H and O–H groups in total. The maximum Gasteiger partial charge on any atom is 0.237 e. The van der Waals surface area contributed by atoms with Gasteiger partial charge >= 0.3 is 0 Å². The van der Waals surface area contributed by atoms with Crippen molar-refractivity contribution in [2.45, 2.75) is 39.8 Å². The van der Waals surface area contributed by atoms with E-state index in [1.165, 1.54) is 0 Å². The molecule has 0 saturated heterocycles. The van der Waals surface area contributed by atoms with Crippen molar-refractivity contribution in [1.82, 2.24) is 10.2 Å². The average molecular weight is 229 g/mol. The highest BCUT2D eigenvalue weighted by molar-refractivity contribution is 5.82. The van der Waals surface area contributed by atoms with Gasteiger partial charge in [0.2, 0.25) is 5.91 Å². The number of nitrogens with one attached hydrogen (secondary N) is 1. The molecule has 96 valence electrons. The van der Waals surface area contributed by atoms with Gasteiger partial charge in [0.05, 0.1) is 6.04 Å². The lowest BCUT2D eigenvalue weighted by Gasteiger charge is -2.27. The van der Waals surface area contributed by atoms with Gasteiger partial charge in [-0.25, -0.2) is 0 Å². The molecule has 0 spiro atoms. The van der Waals surface area contributed by atoms with Gasteiger partial charge in [-0.1, -0.05) is 27.7 Å². The fourth-order valence-electron chi connectivity index (χ4n) is 1.40. The van der Waals surface area contributed by atoms with Gasteiger partial charge in [0, 0.05) is 12.6 Å². The minimum Gasteiger partial charge on any atom is -0.350 e. The molecule has 0 aromatic carbocycles. The zero-order valence-electron chi connectivity index (χ0n) is 11.4. The predicted octanol–water partition coefficient (Wildman–Crippen LogP) is 0.672. The first-order valence-corrected chi connectivity index (χ1v) is 5.96. The van der Waals surface area contributed by atoms with E-state index in [4.69, 9.17) is 5.73 Å². The summed E-state index contributed by atoms with van der Waals surface area (Å²) in [6.07, 6.45) is 0. The van der Waals surface area contributed by atoms with Crippen LogP contribution in [0.4, 0.5) is 0 Å². The Morgan fingerprint density at radius 2 is 1.69 bits per heavy atom. The van der Waals surface area contributed by atoms with Crippen molar-refractivity contribution in [1.29, 1.82) is 0 Å². The van der Waals surface area contributed by atoms with E-state index in [0.717, 1.165) is 6.54 Å². The quantitative estimate of drug-likeness (QED) is 0.704. The third kappa shape index (κ3) is 5.47. The molecule has 0 aromatic rings. The zero-order chi connectivity index (χ0) is 12.9. The summed E-state index contributed by atoms with van der Waals surface area (Å²) in [6.45, 7) is 8.97. The molecule has 0 heterocycles. The van der Waals surface area contributed by atoms with Gasteiger partial charge in [-0.15, -0.1) is 0 Å². The van der Waals surface area contributed by atoms with Crippen LogP contribution in [0, 0.1) is 11.8 Å². The number of rotatable bonds is 6. The molecule has 16 heavy (non-hydrogen) atoms. The van der Waals surface area contributed by atoms with Gasteiger partial charge in [0.25, 0.3) is 0 Å². The Bertz CT molecular complexity index is 214. The standard InChI is InChI=1S/C12H27N3O/c1-8(2)10(7-15(5)6)14-12(16)11(13)9(3)4/h8-11H,7,13H2,1-6H3,(H,14,16)/t10?,11-/m1/s1. The topological polar surface area (TPSA) is 58.4 Å². The Kier molecular flexibility index (Phi) is 6.60. The summed E-state index contributed by atoms with van der Waals surface area (Å²) in [4.78, 5) is 13.9. The molecule has 0 fully saturated rings. The fraction of sp³-hybridized carbons (Fsp3) is 0.917. The van der Waals surface area contributed by atoms with Crippen LogP contribution in [0.3, 0.4) is 0 Å². The van der Waals surface area contributed by atoms with Gasteiger partial charge in [0.15, 0.2) is 0 Å². The van der Waals surface area contributed by atoms with Crippen molar-refractivity contribution in [3.05, 3.63) is 0 Å². The second-order valence-electron chi connectivity index (χ2n) is 5.39. The number of hydrogen-bond acceptors (Lipinski definition) is 3. The summed E-state index contributed by atoms with van der Waals surface area (Å²) in [7, 11) is 4.01. The number of carbonyl (C=O) groups excluding carboxylic acids is 1. The van der Waals surface area contributed by atoms with Crippen LogP contribution in [0.25, 0.3) is 0 Å². The first-order chi connectivity index (χ1) is 7.25. The highest BCUT2D eigenvalue weighted by Crippen LogP contribution is 2.05. The smallest absolute Gasteiger partial charge is 0.237 e. The van der Waals surface area contributed by atoms with Crippen LogP contribution in [0.2, 0.25) is 0 Å². The molecule has 0 aliphatic carbocycles. The predicted molar refractivity (Wildman–Crippen MR) is 68.1 cm³/mol. The molecule has 1 amide bonds. The summed E-state index contributed by atoms with van der Waals surface area (Å²) in [5.41, 5.74) is 5.81. The molecule has 1 unspecified atom stereocenters. The summed E-state index contributed by atoms with van der Waals surface area (Å²) in [6, 6.07) is -0.254. The fourth-order valence-corrected chi connectivity index (χ4v) is 1.40. The summed E-state index contributed by atoms with van der Waals surface area (Å²) < 4.78 is 0. The second-order valence-corrected chi connectivity index (χ2v) is 5.39. The maximum atomic E-state index is 11.8. The van der Waals surface area contributed by atoms with Crippen LogP contribution in [0.5, 0.6) is 0 Å². The summed E-state index contributed by atoms with van der Waals surface area (Å²) in [5.74, 6) is 0.536. The van der Waals surface area contributed by atoms with Gasteiger partial charge in [-0.05, 0) is 25.9 Å². The molecular formula is C12H27N3O. The first kappa shape index (κ1) is 15.4. The molecule has 0 saturated carbocycles. The largest absolute Gasteiger partial charge is 0.350 e. The van der Waals surface area contributed by atoms with Crippen molar-refractivity contribution in [3.63, 3.8) is 0 Å². The molecule has 4 heteroatoms. The molecule has 0 radical (unpaired) electrons. The number of nitrogens with zero attached hydrogens (tertiary/aromatic N) is 1. The van der Waals surface area contributed by atoms with E-state index in [9.17, 15) is 4.79 Å². The molecule has 0 rings (SSSR count). The third-order valence-electron chi connectivity index (χ3n) is 2.72. The van der Waals surface area contributed by atoms with Gasteiger partial charge in [-0.2, -0.15) is 0 Å². The summed E-state index contributed by atoms with van der Waals surface area (Å²) in [5, 5.41) is 3.02. The number of carbonyl (C=O) groups is 1. The molecule has 0 aromatic heterocycles. The Balaban J connectivity index is 4.34. The number of nitrogens with two attached hydrogens (primary N) is 1. The Labute approximate surface area is 99.6 Å². The number of likely N-dealkylation sites (N-methyl/N-ethyl adjacent to an activating group) is 1. The Hall–Kier alpha value is -0.610. The van der Waals surface area contributed by atoms with E-state index in [0.29, 0.717) is 5.92 Å². The maximum absolute atomic E-state index is 11.8. The lowest BCUT2D eigenvalue weighted by molar-refractivity contribution is -0.124. The molecule has 2 atom stereocenters. The lowest BCUT2D eigenvalue weighted by Crippen LogP contribution is -2.52. The van der Waals surface area contributed by atoms with Crippen LogP contribution >= 0.6 is 0 Å². The van der Waals surface area contributed by atoms with Crippen LogP contribution in [-0.4, -0.2) is 43.5 Å². The van der Waals surface area contributed by atoms with Crippen LogP contribution in [0.1, 0.15) is 27.7 Å². The lowest BCUT2D eigenvalue weighted by atomic mass is 10.0. The first-order valence-electron chi connectivity index (χ1n) is 5.96. The minimum absolute atomic E-state index is 0.0458. The minimum atomic E-state index is -0.414. The van der Waals surface area contributed by atoms with E-state index in [1.54, 1.807) is 0 Å². The van der Waals surface area contributed by atoms with E-state index >= 15 is 0 Å². The monoisotopic (exact) mass is 229 g/mol. The van der Waals surface area contributed by atoms with Crippen molar-refractivity contribution in [3.8, 4) is 0 Å². The van der Waals surface area contributed by atoms with Crippen molar-refractivity contribution < 1.29 is 4.79 Å². The summed E-state index contributed by atoms with van der Waals surface area (Å²) >= 11 is 0. The third-order valence-corrected chi connectivity index (χ3v) is 2.72. The van der Waals surface area contributed by atoms with Gasteiger partial charge in [0.1, 0.15) is 0 Å². The molecule has 0 aliphatic heterocycles. The Morgan fingerprint density at radius 1 is 1.19 bits per heavy atom. The molecular weight excluding hydrogens is 202 g/mol. The van der Waals surface area contributed by atoms with E-state index < -0.39 is 6.04 Å². The van der Waals surface area contributed by atoms with Crippen molar-refractivity contribution in [2.75, 3.05) is 20.6 Å². The average Bonchev–Trinajstić information content (AvgIpc) is 2.14. The Morgan fingerprint density at radius 3 is 2.00 bits per heavy atom. The van der Waals surface area contributed by atoms with E-state index in [1.807, 2.05) is 27.9 Å². The van der Waals surface area contributed by atoms with Crippen LogP contribution in [-0.2, 0) is 4.79 Å². The number of amides is 1. The highest BCUT2D eigenvalue weighted by atomic mass is 16.2. The SMILES string of the molecule is CC(C)C(CN(C)C)NC(=O)[C@H](N)C(C)C. The molecule has 0 bridgehead atoms. The van der Waals surface area contributed by atoms with E-state index in [2.05, 4.69) is 24.1 Å². The van der Waals surface area contributed by atoms with Gasteiger partial charge in [-0.3, -0.25) is 4.79 Å². The van der Waals surface area contributed by atoms with E-state index in [-0.39, 0.29) is 17.9 Å². The number of hydrogen-bond donors (Lipinski definition) is 2.